The molecule has 0 saturated heterocycles. The van der Waals surface area contributed by atoms with Gasteiger partial charge in [0, 0.05) is 29.3 Å². The Hall–Kier alpha value is -2.62. The van der Waals surface area contributed by atoms with Crippen LogP contribution in [0.15, 0.2) is 48.7 Å². The van der Waals surface area contributed by atoms with Crippen molar-refractivity contribution in [3.8, 4) is 0 Å². The lowest BCUT2D eigenvalue weighted by Crippen LogP contribution is -2.36. The number of aromatic amines is 1. The van der Waals surface area contributed by atoms with Crippen molar-refractivity contribution < 1.29 is 9.18 Å². The van der Waals surface area contributed by atoms with Crippen LogP contribution >= 0.6 is 0 Å². The fourth-order valence-electron chi connectivity index (χ4n) is 3.36. The Bertz CT molecular complexity index is 884. The van der Waals surface area contributed by atoms with Gasteiger partial charge in [-0.3, -0.25) is 4.79 Å². The number of aryl methyl sites for hydroxylation is 1. The van der Waals surface area contributed by atoms with E-state index in [1.165, 1.54) is 6.07 Å². The minimum Gasteiger partial charge on any atom is -0.361 e. The van der Waals surface area contributed by atoms with Crippen LogP contribution in [0.5, 0.6) is 0 Å². The number of hydrogen-bond acceptors (Lipinski definition) is 1. The van der Waals surface area contributed by atoms with Gasteiger partial charge < -0.3 is 9.88 Å². The van der Waals surface area contributed by atoms with Crippen molar-refractivity contribution >= 4 is 22.5 Å². The molecule has 4 heteroatoms. The SMILES string of the molecule is O=C(Cc1c[nH]c2ccccc12)N1CCCc2cc(F)ccc21. The molecule has 0 unspecified atom stereocenters. The maximum absolute atomic E-state index is 13.4. The van der Waals surface area contributed by atoms with E-state index in [0.717, 1.165) is 40.6 Å². The average molecular weight is 308 g/mol. The van der Waals surface area contributed by atoms with Crippen LogP contribution < -0.4 is 4.90 Å². The lowest BCUT2D eigenvalue weighted by atomic mass is 10.0. The third-order valence-electron chi connectivity index (χ3n) is 4.48. The zero-order chi connectivity index (χ0) is 15.8. The van der Waals surface area contributed by atoms with E-state index >= 15 is 0 Å². The highest BCUT2D eigenvalue weighted by Gasteiger charge is 2.23. The van der Waals surface area contributed by atoms with Gasteiger partial charge in [-0.05, 0) is 48.2 Å². The van der Waals surface area contributed by atoms with E-state index in [9.17, 15) is 9.18 Å². The first-order chi connectivity index (χ1) is 11.2. The zero-order valence-electron chi connectivity index (χ0n) is 12.7. The first-order valence-corrected chi connectivity index (χ1v) is 7.86. The summed E-state index contributed by atoms with van der Waals surface area (Å²) in [6.07, 6.45) is 3.94. The quantitative estimate of drug-likeness (QED) is 0.767. The van der Waals surface area contributed by atoms with E-state index in [-0.39, 0.29) is 11.7 Å². The largest absolute Gasteiger partial charge is 0.361 e. The van der Waals surface area contributed by atoms with Crippen molar-refractivity contribution in [3.05, 3.63) is 65.6 Å². The summed E-state index contributed by atoms with van der Waals surface area (Å²) < 4.78 is 13.4. The van der Waals surface area contributed by atoms with Gasteiger partial charge in [0.05, 0.1) is 6.42 Å². The number of aromatic nitrogens is 1. The monoisotopic (exact) mass is 308 g/mol. The predicted octanol–water partition coefficient (Wildman–Crippen LogP) is 3.83. The molecule has 1 aliphatic rings. The van der Waals surface area contributed by atoms with Crippen LogP contribution in [0.2, 0.25) is 0 Å². The molecule has 0 spiro atoms. The van der Waals surface area contributed by atoms with Crippen LogP contribution in [-0.4, -0.2) is 17.4 Å². The molecule has 23 heavy (non-hydrogen) atoms. The van der Waals surface area contributed by atoms with Gasteiger partial charge in [-0.2, -0.15) is 0 Å². The summed E-state index contributed by atoms with van der Waals surface area (Å²) in [4.78, 5) is 17.8. The fraction of sp³-hybridized carbons (Fsp3) is 0.211. The maximum atomic E-state index is 13.4. The number of para-hydroxylation sites is 1. The number of benzene rings is 2. The van der Waals surface area contributed by atoms with Crippen LogP contribution in [0.25, 0.3) is 10.9 Å². The van der Waals surface area contributed by atoms with E-state index in [1.807, 2.05) is 30.5 Å². The number of fused-ring (bicyclic) bond motifs is 2. The lowest BCUT2D eigenvalue weighted by Gasteiger charge is -2.29. The number of carbonyl (C=O) groups excluding carboxylic acids is 1. The summed E-state index contributed by atoms with van der Waals surface area (Å²) in [6.45, 7) is 0.694. The van der Waals surface area contributed by atoms with Gasteiger partial charge in [0.15, 0.2) is 0 Å². The number of nitrogens with zero attached hydrogens (tertiary/aromatic N) is 1. The average Bonchev–Trinajstić information content (AvgIpc) is 2.97. The van der Waals surface area contributed by atoms with E-state index in [0.29, 0.717) is 13.0 Å². The molecule has 1 aromatic heterocycles. The number of rotatable bonds is 2. The second-order valence-corrected chi connectivity index (χ2v) is 5.96. The molecule has 3 aromatic rings. The van der Waals surface area contributed by atoms with Crippen LogP contribution in [-0.2, 0) is 17.6 Å². The van der Waals surface area contributed by atoms with Crippen molar-refractivity contribution in [1.82, 2.24) is 4.98 Å². The van der Waals surface area contributed by atoms with E-state index < -0.39 is 0 Å². The van der Waals surface area contributed by atoms with Gasteiger partial charge >= 0.3 is 0 Å². The van der Waals surface area contributed by atoms with Crippen molar-refractivity contribution in [2.75, 3.05) is 11.4 Å². The summed E-state index contributed by atoms with van der Waals surface area (Å²) in [6, 6.07) is 12.7. The molecule has 0 radical (unpaired) electrons. The highest BCUT2D eigenvalue weighted by molar-refractivity contribution is 5.98. The maximum Gasteiger partial charge on any atom is 0.231 e. The van der Waals surface area contributed by atoms with Crippen molar-refractivity contribution in [3.63, 3.8) is 0 Å². The van der Waals surface area contributed by atoms with Crippen LogP contribution in [0.3, 0.4) is 0 Å². The summed E-state index contributed by atoms with van der Waals surface area (Å²) in [7, 11) is 0. The molecule has 0 fully saturated rings. The smallest absolute Gasteiger partial charge is 0.231 e. The van der Waals surface area contributed by atoms with Crippen LogP contribution in [0.1, 0.15) is 17.5 Å². The van der Waals surface area contributed by atoms with Crippen LogP contribution in [0, 0.1) is 5.82 Å². The first kappa shape index (κ1) is 14.0. The molecule has 1 N–H and O–H groups in total. The standard InChI is InChI=1S/C19H17FN2O/c20-15-7-8-18-13(10-15)4-3-9-22(18)19(23)11-14-12-21-17-6-2-1-5-16(14)17/h1-2,5-8,10,12,21H,3-4,9,11H2. The molecule has 3 nitrogen and oxygen atoms in total. The molecular formula is C19H17FN2O. The van der Waals surface area contributed by atoms with E-state index in [1.54, 1.807) is 17.0 Å². The molecule has 1 amide bonds. The number of halogens is 1. The number of nitrogens with one attached hydrogen (secondary N) is 1. The van der Waals surface area contributed by atoms with Gasteiger partial charge in [-0.1, -0.05) is 18.2 Å². The van der Waals surface area contributed by atoms with E-state index in [2.05, 4.69) is 4.98 Å². The third kappa shape index (κ3) is 2.50. The van der Waals surface area contributed by atoms with Gasteiger partial charge in [-0.25, -0.2) is 4.39 Å². The minimum atomic E-state index is -0.241. The highest BCUT2D eigenvalue weighted by atomic mass is 19.1. The summed E-state index contributed by atoms with van der Waals surface area (Å²) >= 11 is 0. The van der Waals surface area contributed by atoms with Gasteiger partial charge in [0.25, 0.3) is 0 Å². The van der Waals surface area contributed by atoms with Crippen molar-refractivity contribution in [2.24, 2.45) is 0 Å². The van der Waals surface area contributed by atoms with Crippen LogP contribution in [0.4, 0.5) is 10.1 Å². The van der Waals surface area contributed by atoms with E-state index in [4.69, 9.17) is 0 Å². The Kier molecular flexibility index (Phi) is 3.37. The van der Waals surface area contributed by atoms with Crippen molar-refractivity contribution in [1.29, 1.82) is 0 Å². The molecule has 0 bridgehead atoms. The number of hydrogen-bond donors (Lipinski definition) is 1. The summed E-state index contributed by atoms with van der Waals surface area (Å²) in [5.74, 6) is -0.183. The Balaban J connectivity index is 1.63. The summed E-state index contributed by atoms with van der Waals surface area (Å²) in [5.41, 5.74) is 3.81. The minimum absolute atomic E-state index is 0.0577. The van der Waals surface area contributed by atoms with Gasteiger partial charge in [-0.15, -0.1) is 0 Å². The zero-order valence-corrected chi connectivity index (χ0v) is 12.7. The third-order valence-corrected chi connectivity index (χ3v) is 4.48. The lowest BCUT2D eigenvalue weighted by molar-refractivity contribution is -0.118. The topological polar surface area (TPSA) is 36.1 Å². The molecule has 116 valence electrons. The summed E-state index contributed by atoms with van der Waals surface area (Å²) in [5, 5.41) is 1.08. The molecule has 1 aliphatic heterocycles. The Morgan fingerprint density at radius 2 is 2.09 bits per heavy atom. The Labute approximate surface area is 133 Å². The van der Waals surface area contributed by atoms with Gasteiger partial charge in [0.1, 0.15) is 5.82 Å². The number of amides is 1. The number of carbonyl (C=O) groups is 1. The molecular weight excluding hydrogens is 291 g/mol. The fourth-order valence-corrected chi connectivity index (χ4v) is 3.36. The molecule has 0 saturated carbocycles. The molecule has 0 aliphatic carbocycles. The number of H-pyrrole nitrogens is 1. The molecule has 2 aromatic carbocycles. The number of anilines is 1. The van der Waals surface area contributed by atoms with Gasteiger partial charge in [0.2, 0.25) is 5.91 Å². The second kappa shape index (κ2) is 5.54. The first-order valence-electron chi connectivity index (χ1n) is 7.86. The highest BCUT2D eigenvalue weighted by Crippen LogP contribution is 2.29. The van der Waals surface area contributed by atoms with Crippen molar-refractivity contribution in [2.45, 2.75) is 19.3 Å². The molecule has 2 heterocycles. The Morgan fingerprint density at radius 3 is 3.00 bits per heavy atom. The normalized spacial score (nSPS) is 14.0. The Morgan fingerprint density at radius 1 is 1.22 bits per heavy atom. The second-order valence-electron chi connectivity index (χ2n) is 5.96. The predicted molar refractivity (Wildman–Crippen MR) is 89.1 cm³/mol. The molecule has 4 rings (SSSR count). The molecule has 0 atom stereocenters.